The predicted molar refractivity (Wildman–Crippen MR) is 69.4 cm³/mol. The average molecular weight is 266 g/mol. The summed E-state index contributed by atoms with van der Waals surface area (Å²) in [5.74, 6) is 0.236. The number of aliphatic hydroxyl groups is 1. The molecule has 1 saturated carbocycles. The zero-order chi connectivity index (χ0) is 13.8. The van der Waals surface area contributed by atoms with Gasteiger partial charge in [0.05, 0.1) is 17.8 Å². The third-order valence-corrected chi connectivity index (χ3v) is 5.11. The Morgan fingerprint density at radius 2 is 2.26 bits per heavy atom. The normalized spacial score (nSPS) is 46.1. The number of hydrogen-bond donors (Lipinski definition) is 1. The van der Waals surface area contributed by atoms with Crippen molar-refractivity contribution in [2.75, 3.05) is 0 Å². The third kappa shape index (κ3) is 2.01. The first-order valence-electron chi connectivity index (χ1n) is 7.19. The van der Waals surface area contributed by atoms with E-state index in [0.29, 0.717) is 11.5 Å². The van der Waals surface area contributed by atoms with Crippen molar-refractivity contribution in [1.82, 2.24) is 0 Å². The van der Waals surface area contributed by atoms with Crippen molar-refractivity contribution in [1.29, 1.82) is 0 Å². The molecule has 106 valence electrons. The highest BCUT2D eigenvalue weighted by molar-refractivity contribution is 5.90. The second-order valence-corrected chi connectivity index (χ2v) is 6.40. The van der Waals surface area contributed by atoms with Gasteiger partial charge in [-0.3, -0.25) is 0 Å². The number of rotatable bonds is 3. The van der Waals surface area contributed by atoms with Crippen LogP contribution in [0, 0.1) is 11.8 Å². The molecular formula is C15H22O4. The second-order valence-electron chi connectivity index (χ2n) is 6.40. The molecule has 3 aliphatic rings. The highest BCUT2D eigenvalue weighted by atomic mass is 16.6. The third-order valence-electron chi connectivity index (χ3n) is 5.11. The molecule has 0 aromatic carbocycles. The molecule has 6 atom stereocenters. The molecule has 0 spiro atoms. The highest BCUT2D eigenvalue weighted by Gasteiger charge is 2.63. The van der Waals surface area contributed by atoms with Gasteiger partial charge in [0.2, 0.25) is 0 Å². The van der Waals surface area contributed by atoms with Gasteiger partial charge in [0, 0.05) is 11.5 Å². The molecule has 2 aliphatic heterocycles. The predicted octanol–water partition coefficient (Wildman–Crippen LogP) is 1.81. The first kappa shape index (κ1) is 13.1. The lowest BCUT2D eigenvalue weighted by atomic mass is 9.84. The minimum Gasteiger partial charge on any atom is -0.458 e. The fourth-order valence-corrected chi connectivity index (χ4v) is 3.77. The first-order valence-corrected chi connectivity index (χ1v) is 7.19. The minimum atomic E-state index is -0.290. The van der Waals surface area contributed by atoms with E-state index in [-0.39, 0.29) is 35.8 Å². The summed E-state index contributed by atoms with van der Waals surface area (Å²) in [6.45, 7) is 7.85. The largest absolute Gasteiger partial charge is 0.458 e. The summed E-state index contributed by atoms with van der Waals surface area (Å²) in [5.41, 5.74) is 0.507. The molecule has 0 amide bonds. The average Bonchev–Trinajstić information content (AvgIpc) is 3.00. The van der Waals surface area contributed by atoms with E-state index in [1.165, 1.54) is 0 Å². The molecule has 19 heavy (non-hydrogen) atoms. The Bertz CT molecular complexity index is 416. The molecule has 3 rings (SSSR count). The monoisotopic (exact) mass is 266 g/mol. The maximum atomic E-state index is 11.6. The number of fused-ring (bicyclic) bond motifs is 2. The number of hydrogen-bond acceptors (Lipinski definition) is 4. The molecule has 3 fully saturated rings. The van der Waals surface area contributed by atoms with Gasteiger partial charge in [-0.15, -0.1) is 0 Å². The Labute approximate surface area is 113 Å². The van der Waals surface area contributed by atoms with E-state index >= 15 is 0 Å². The highest BCUT2D eigenvalue weighted by Crippen LogP contribution is 2.56. The number of esters is 1. The summed E-state index contributed by atoms with van der Waals surface area (Å²) in [4.78, 5) is 11.6. The second kappa shape index (κ2) is 4.32. The van der Waals surface area contributed by atoms with Gasteiger partial charge >= 0.3 is 5.97 Å². The quantitative estimate of drug-likeness (QED) is 0.481. The Balaban J connectivity index is 1.74. The van der Waals surface area contributed by atoms with Gasteiger partial charge in [0.1, 0.15) is 6.10 Å². The molecule has 1 unspecified atom stereocenters. The maximum absolute atomic E-state index is 11.6. The van der Waals surface area contributed by atoms with Crippen molar-refractivity contribution in [3.05, 3.63) is 12.2 Å². The number of carbonyl (C=O) groups excluding carboxylic acids is 1. The van der Waals surface area contributed by atoms with Crippen LogP contribution in [-0.2, 0) is 14.3 Å². The van der Waals surface area contributed by atoms with Crippen LogP contribution in [0.2, 0.25) is 0 Å². The van der Waals surface area contributed by atoms with Crippen LogP contribution in [0.5, 0.6) is 0 Å². The Hall–Kier alpha value is -0.870. The molecule has 2 heterocycles. The van der Waals surface area contributed by atoms with Gasteiger partial charge in [-0.25, -0.2) is 4.79 Å². The Kier molecular flexibility index (Phi) is 2.98. The topological polar surface area (TPSA) is 59.1 Å². The van der Waals surface area contributed by atoms with Crippen LogP contribution >= 0.6 is 0 Å². The summed E-state index contributed by atoms with van der Waals surface area (Å²) < 4.78 is 11.4. The van der Waals surface area contributed by atoms with Crippen molar-refractivity contribution in [3.63, 3.8) is 0 Å². The van der Waals surface area contributed by atoms with Crippen LogP contribution in [-0.4, -0.2) is 35.0 Å². The van der Waals surface area contributed by atoms with Crippen LogP contribution in [0.15, 0.2) is 12.2 Å². The van der Waals surface area contributed by atoms with E-state index in [2.05, 4.69) is 13.5 Å². The molecule has 0 aromatic heterocycles. The summed E-state index contributed by atoms with van der Waals surface area (Å²) in [6.07, 6.45) is 3.21. The molecule has 1 N–H and O–H groups in total. The van der Waals surface area contributed by atoms with Crippen LogP contribution in [0.1, 0.15) is 39.5 Å². The summed E-state index contributed by atoms with van der Waals surface area (Å²) in [5, 5.41) is 9.47. The van der Waals surface area contributed by atoms with Gasteiger partial charge in [-0.2, -0.15) is 0 Å². The molecular weight excluding hydrogens is 244 g/mol. The van der Waals surface area contributed by atoms with E-state index < -0.39 is 0 Å². The van der Waals surface area contributed by atoms with Crippen molar-refractivity contribution in [3.8, 4) is 0 Å². The van der Waals surface area contributed by atoms with E-state index in [9.17, 15) is 9.90 Å². The first-order chi connectivity index (χ1) is 8.94. The van der Waals surface area contributed by atoms with E-state index in [1.54, 1.807) is 0 Å². The number of carbonyl (C=O) groups is 1. The SMILES string of the molecule is C=C1C(=O)O[C@@H]2C[C@H](C)[C@]3(CCC(C)O)O[C@@H]3C[C@H]12. The van der Waals surface area contributed by atoms with Gasteiger partial charge in [-0.1, -0.05) is 13.5 Å². The standard InChI is InChI=1S/C15H22O4/c1-8-6-12-11(10(3)14(17)18-12)7-13-15(8,19-13)5-4-9(2)16/h8-9,11-13,16H,3-7H2,1-2H3/t8-,9?,11+,12+,13+,15-/m0/s1. The summed E-state index contributed by atoms with van der Waals surface area (Å²) in [7, 11) is 0. The van der Waals surface area contributed by atoms with E-state index in [0.717, 1.165) is 25.7 Å². The summed E-state index contributed by atoms with van der Waals surface area (Å²) in [6, 6.07) is 0. The lowest BCUT2D eigenvalue weighted by molar-refractivity contribution is -0.140. The number of epoxide rings is 1. The number of ether oxygens (including phenoxy) is 2. The van der Waals surface area contributed by atoms with Crippen molar-refractivity contribution < 1.29 is 19.4 Å². The van der Waals surface area contributed by atoms with Crippen molar-refractivity contribution >= 4 is 5.97 Å². The van der Waals surface area contributed by atoms with Crippen LogP contribution in [0.4, 0.5) is 0 Å². The fraction of sp³-hybridized carbons (Fsp3) is 0.800. The van der Waals surface area contributed by atoms with Gasteiger partial charge in [0.15, 0.2) is 0 Å². The lowest BCUT2D eigenvalue weighted by Crippen LogP contribution is -2.27. The Morgan fingerprint density at radius 1 is 1.53 bits per heavy atom. The van der Waals surface area contributed by atoms with Crippen molar-refractivity contribution in [2.24, 2.45) is 11.8 Å². The van der Waals surface area contributed by atoms with Crippen molar-refractivity contribution in [2.45, 2.75) is 63.4 Å². The molecule has 0 radical (unpaired) electrons. The molecule has 4 nitrogen and oxygen atoms in total. The van der Waals surface area contributed by atoms with Crippen LogP contribution in [0.25, 0.3) is 0 Å². The zero-order valence-corrected chi connectivity index (χ0v) is 11.6. The lowest BCUT2D eigenvalue weighted by Gasteiger charge is -2.23. The fourth-order valence-electron chi connectivity index (χ4n) is 3.77. The molecule has 2 saturated heterocycles. The summed E-state index contributed by atoms with van der Waals surface area (Å²) >= 11 is 0. The maximum Gasteiger partial charge on any atom is 0.334 e. The zero-order valence-electron chi connectivity index (χ0n) is 11.6. The smallest absolute Gasteiger partial charge is 0.334 e. The minimum absolute atomic E-state index is 0.0187. The molecule has 4 heteroatoms. The molecule has 1 aliphatic carbocycles. The Morgan fingerprint density at radius 3 is 2.95 bits per heavy atom. The van der Waals surface area contributed by atoms with Gasteiger partial charge < -0.3 is 14.6 Å². The van der Waals surface area contributed by atoms with Gasteiger partial charge in [0.25, 0.3) is 0 Å². The van der Waals surface area contributed by atoms with Gasteiger partial charge in [-0.05, 0) is 38.5 Å². The number of aliphatic hydroxyl groups excluding tert-OH is 1. The van der Waals surface area contributed by atoms with E-state index in [4.69, 9.17) is 9.47 Å². The van der Waals surface area contributed by atoms with Crippen LogP contribution in [0.3, 0.4) is 0 Å². The molecule has 0 aromatic rings. The van der Waals surface area contributed by atoms with E-state index in [1.807, 2.05) is 6.92 Å². The van der Waals surface area contributed by atoms with Crippen LogP contribution < -0.4 is 0 Å². The molecule has 0 bridgehead atoms.